The van der Waals surface area contributed by atoms with Crippen molar-refractivity contribution in [2.75, 3.05) is 16.8 Å². The van der Waals surface area contributed by atoms with Gasteiger partial charge < -0.3 is 5.32 Å². The molecule has 0 saturated carbocycles. The van der Waals surface area contributed by atoms with Gasteiger partial charge in [-0.3, -0.25) is 0 Å². The first kappa shape index (κ1) is 12.7. The lowest BCUT2D eigenvalue weighted by Gasteiger charge is -2.24. The predicted molar refractivity (Wildman–Crippen MR) is 75.4 cm³/mol. The van der Waals surface area contributed by atoms with Crippen LogP contribution in [0.3, 0.4) is 0 Å². The van der Waals surface area contributed by atoms with Gasteiger partial charge in [0, 0.05) is 16.8 Å². The summed E-state index contributed by atoms with van der Waals surface area (Å²) in [6, 6.07) is 3.88. The number of thioether (sulfide) groups is 1. The first-order valence-corrected chi connectivity index (χ1v) is 7.44. The lowest BCUT2D eigenvalue weighted by Crippen LogP contribution is -2.26. The minimum absolute atomic E-state index is 0.454. The van der Waals surface area contributed by atoms with Crippen molar-refractivity contribution in [1.29, 1.82) is 0 Å². The SMILES string of the molecule is Clc1cc(Cl)c(NC2CCCSC2)c(Cl)c1. The molecule has 1 aliphatic rings. The number of halogens is 3. The van der Waals surface area contributed by atoms with Crippen LogP contribution in [0.1, 0.15) is 12.8 Å². The number of nitrogens with one attached hydrogen (secondary N) is 1. The average molecular weight is 297 g/mol. The van der Waals surface area contributed by atoms with Crippen LogP contribution in [0.25, 0.3) is 0 Å². The molecule has 88 valence electrons. The Labute approximate surface area is 115 Å². The number of hydrogen-bond donors (Lipinski definition) is 1. The molecule has 1 fully saturated rings. The lowest BCUT2D eigenvalue weighted by atomic mass is 10.1. The van der Waals surface area contributed by atoms with Gasteiger partial charge in [-0.1, -0.05) is 34.8 Å². The maximum Gasteiger partial charge on any atom is 0.0722 e. The highest BCUT2D eigenvalue weighted by Crippen LogP contribution is 2.35. The summed E-state index contributed by atoms with van der Waals surface area (Å²) in [5, 5.41) is 5.15. The van der Waals surface area contributed by atoms with Gasteiger partial charge in [0.2, 0.25) is 0 Å². The minimum Gasteiger partial charge on any atom is -0.379 e. The fraction of sp³-hybridized carbons (Fsp3) is 0.455. The molecule has 0 aliphatic carbocycles. The van der Waals surface area contributed by atoms with Gasteiger partial charge in [0.05, 0.1) is 15.7 Å². The molecule has 1 nitrogen and oxygen atoms in total. The van der Waals surface area contributed by atoms with Gasteiger partial charge in [-0.05, 0) is 30.7 Å². The Bertz CT molecular complexity index is 354. The van der Waals surface area contributed by atoms with Crippen molar-refractivity contribution in [2.45, 2.75) is 18.9 Å². The smallest absolute Gasteiger partial charge is 0.0722 e. The third kappa shape index (κ3) is 3.13. The molecule has 0 amide bonds. The standard InChI is InChI=1S/C11H12Cl3NS/c12-7-4-9(13)11(10(14)5-7)15-8-2-1-3-16-6-8/h4-5,8,15H,1-3,6H2. The largest absolute Gasteiger partial charge is 0.379 e. The third-order valence-electron chi connectivity index (χ3n) is 2.52. The van der Waals surface area contributed by atoms with Gasteiger partial charge in [0.25, 0.3) is 0 Å². The quantitative estimate of drug-likeness (QED) is 0.828. The Kier molecular flexibility index (Phi) is 4.54. The first-order valence-electron chi connectivity index (χ1n) is 5.15. The van der Waals surface area contributed by atoms with Gasteiger partial charge in [-0.15, -0.1) is 0 Å². The Morgan fingerprint density at radius 1 is 1.19 bits per heavy atom. The molecule has 1 aromatic carbocycles. The molecule has 1 aromatic rings. The highest BCUT2D eigenvalue weighted by Gasteiger charge is 2.16. The maximum absolute atomic E-state index is 6.12. The molecule has 16 heavy (non-hydrogen) atoms. The van der Waals surface area contributed by atoms with E-state index in [1.165, 1.54) is 18.6 Å². The minimum atomic E-state index is 0.454. The average Bonchev–Trinajstić information content (AvgIpc) is 2.25. The summed E-state index contributed by atoms with van der Waals surface area (Å²) < 4.78 is 0. The van der Waals surface area contributed by atoms with Gasteiger partial charge in [-0.2, -0.15) is 11.8 Å². The van der Waals surface area contributed by atoms with Crippen molar-refractivity contribution in [3.63, 3.8) is 0 Å². The van der Waals surface area contributed by atoms with E-state index in [0.717, 1.165) is 11.4 Å². The van der Waals surface area contributed by atoms with Crippen LogP contribution in [-0.2, 0) is 0 Å². The molecule has 1 unspecified atom stereocenters. The van der Waals surface area contributed by atoms with Gasteiger partial charge in [0.1, 0.15) is 0 Å². The molecule has 5 heteroatoms. The monoisotopic (exact) mass is 295 g/mol. The second kappa shape index (κ2) is 5.72. The summed E-state index contributed by atoms with van der Waals surface area (Å²) in [5.74, 6) is 2.36. The van der Waals surface area contributed by atoms with E-state index in [2.05, 4.69) is 5.32 Å². The number of anilines is 1. The second-order valence-electron chi connectivity index (χ2n) is 3.80. The van der Waals surface area contributed by atoms with E-state index in [0.29, 0.717) is 21.1 Å². The molecular formula is C11H12Cl3NS. The van der Waals surface area contributed by atoms with Crippen LogP contribution in [0, 0.1) is 0 Å². The summed E-state index contributed by atoms with van der Waals surface area (Å²) >= 11 is 20.1. The van der Waals surface area contributed by atoms with Crippen molar-refractivity contribution >= 4 is 52.3 Å². The Hall–Kier alpha value is 0.240. The molecule has 0 aromatic heterocycles. The van der Waals surface area contributed by atoms with Crippen molar-refractivity contribution < 1.29 is 0 Å². The Morgan fingerprint density at radius 3 is 2.44 bits per heavy atom. The third-order valence-corrected chi connectivity index (χ3v) is 4.55. The van der Waals surface area contributed by atoms with Crippen LogP contribution >= 0.6 is 46.6 Å². The van der Waals surface area contributed by atoms with Crippen LogP contribution in [0.4, 0.5) is 5.69 Å². The fourth-order valence-electron chi connectivity index (χ4n) is 1.74. The Morgan fingerprint density at radius 2 is 1.88 bits per heavy atom. The highest BCUT2D eigenvalue weighted by atomic mass is 35.5. The van der Waals surface area contributed by atoms with E-state index >= 15 is 0 Å². The molecule has 1 heterocycles. The van der Waals surface area contributed by atoms with Crippen molar-refractivity contribution in [1.82, 2.24) is 0 Å². The summed E-state index contributed by atoms with van der Waals surface area (Å²) in [7, 11) is 0. The van der Waals surface area contributed by atoms with Crippen LogP contribution < -0.4 is 5.32 Å². The number of rotatable bonds is 2. The zero-order chi connectivity index (χ0) is 11.5. The van der Waals surface area contributed by atoms with E-state index < -0.39 is 0 Å². The topological polar surface area (TPSA) is 12.0 Å². The zero-order valence-electron chi connectivity index (χ0n) is 8.60. The number of hydrogen-bond acceptors (Lipinski definition) is 2. The van der Waals surface area contributed by atoms with Crippen molar-refractivity contribution in [2.24, 2.45) is 0 Å². The van der Waals surface area contributed by atoms with E-state index in [1.807, 2.05) is 11.8 Å². The van der Waals surface area contributed by atoms with E-state index in [4.69, 9.17) is 34.8 Å². The number of benzene rings is 1. The second-order valence-corrected chi connectivity index (χ2v) is 6.20. The Balaban J connectivity index is 2.14. The molecule has 0 bridgehead atoms. The maximum atomic E-state index is 6.12. The molecule has 1 N–H and O–H groups in total. The van der Waals surface area contributed by atoms with E-state index in [9.17, 15) is 0 Å². The molecule has 1 aliphatic heterocycles. The summed E-state index contributed by atoms with van der Waals surface area (Å²) in [6.07, 6.45) is 2.41. The van der Waals surface area contributed by atoms with Crippen molar-refractivity contribution in [3.8, 4) is 0 Å². The fourth-order valence-corrected chi connectivity index (χ4v) is 3.74. The van der Waals surface area contributed by atoms with Crippen molar-refractivity contribution in [3.05, 3.63) is 27.2 Å². The summed E-state index contributed by atoms with van der Waals surface area (Å²) in [4.78, 5) is 0. The first-order chi connectivity index (χ1) is 7.66. The molecule has 1 saturated heterocycles. The molecule has 0 radical (unpaired) electrons. The summed E-state index contributed by atoms with van der Waals surface area (Å²) in [6.45, 7) is 0. The van der Waals surface area contributed by atoms with E-state index in [1.54, 1.807) is 12.1 Å². The highest BCUT2D eigenvalue weighted by molar-refractivity contribution is 7.99. The summed E-state index contributed by atoms with van der Waals surface area (Å²) in [5.41, 5.74) is 0.806. The van der Waals surface area contributed by atoms with E-state index in [-0.39, 0.29) is 0 Å². The van der Waals surface area contributed by atoms with Crippen LogP contribution in [0.15, 0.2) is 12.1 Å². The lowest BCUT2D eigenvalue weighted by molar-refractivity contribution is 0.685. The normalized spacial score (nSPS) is 20.8. The molecular weight excluding hydrogens is 285 g/mol. The molecule has 0 spiro atoms. The van der Waals surface area contributed by atoms with Crippen LogP contribution in [0.2, 0.25) is 15.1 Å². The van der Waals surface area contributed by atoms with Crippen LogP contribution in [-0.4, -0.2) is 17.5 Å². The van der Waals surface area contributed by atoms with Gasteiger partial charge >= 0.3 is 0 Å². The molecule has 1 atom stereocenters. The van der Waals surface area contributed by atoms with Gasteiger partial charge in [-0.25, -0.2) is 0 Å². The molecule has 2 rings (SSSR count). The zero-order valence-corrected chi connectivity index (χ0v) is 11.7. The predicted octanol–water partition coefficient (Wildman–Crippen LogP) is 4.95. The van der Waals surface area contributed by atoms with Gasteiger partial charge in [0.15, 0.2) is 0 Å². The van der Waals surface area contributed by atoms with Crippen LogP contribution in [0.5, 0.6) is 0 Å².